The Morgan fingerprint density at radius 2 is 1.96 bits per heavy atom. The van der Waals surface area contributed by atoms with E-state index in [1.165, 1.54) is 0 Å². The molecule has 1 aromatic carbocycles. The van der Waals surface area contributed by atoms with Crippen molar-refractivity contribution in [2.45, 2.75) is 13.5 Å². The standard InChI is InChI=1S/C18H23N3O3/c1-13(11-19-2)18(22)21-15-4-5-16(23-3)17(10-15)24-12-14-6-8-20-9-7-14/h4-10,13,19H,11-12H2,1-3H3,(H,21,22). The van der Waals surface area contributed by atoms with Gasteiger partial charge in [0, 0.05) is 36.6 Å². The van der Waals surface area contributed by atoms with Crippen LogP contribution in [0.5, 0.6) is 11.5 Å². The van der Waals surface area contributed by atoms with Crippen LogP contribution in [0.3, 0.4) is 0 Å². The van der Waals surface area contributed by atoms with Crippen LogP contribution < -0.4 is 20.1 Å². The number of ether oxygens (including phenoxy) is 2. The molecule has 128 valence electrons. The van der Waals surface area contributed by atoms with Gasteiger partial charge in [0.25, 0.3) is 0 Å². The van der Waals surface area contributed by atoms with Crippen LogP contribution in [0.4, 0.5) is 5.69 Å². The Bertz CT molecular complexity index is 662. The van der Waals surface area contributed by atoms with E-state index in [9.17, 15) is 4.79 Å². The molecule has 1 unspecified atom stereocenters. The molecule has 0 bridgehead atoms. The van der Waals surface area contributed by atoms with E-state index in [0.29, 0.717) is 30.3 Å². The smallest absolute Gasteiger partial charge is 0.228 e. The van der Waals surface area contributed by atoms with Gasteiger partial charge in [0.05, 0.1) is 7.11 Å². The molecule has 24 heavy (non-hydrogen) atoms. The Morgan fingerprint density at radius 1 is 1.21 bits per heavy atom. The lowest BCUT2D eigenvalue weighted by Crippen LogP contribution is -2.28. The maximum Gasteiger partial charge on any atom is 0.228 e. The van der Waals surface area contributed by atoms with Gasteiger partial charge in [0.1, 0.15) is 6.61 Å². The predicted octanol–water partition coefficient (Wildman–Crippen LogP) is 2.46. The van der Waals surface area contributed by atoms with E-state index >= 15 is 0 Å². The molecule has 0 spiro atoms. The molecule has 2 rings (SSSR count). The quantitative estimate of drug-likeness (QED) is 0.778. The minimum absolute atomic E-state index is 0.0467. The summed E-state index contributed by atoms with van der Waals surface area (Å²) in [5.74, 6) is 1.02. The van der Waals surface area contributed by atoms with Crippen molar-refractivity contribution >= 4 is 11.6 Å². The molecular formula is C18H23N3O3. The van der Waals surface area contributed by atoms with Crippen LogP contribution in [-0.4, -0.2) is 31.6 Å². The van der Waals surface area contributed by atoms with Crippen molar-refractivity contribution in [1.29, 1.82) is 0 Å². The molecule has 2 N–H and O–H groups in total. The minimum Gasteiger partial charge on any atom is -0.493 e. The van der Waals surface area contributed by atoms with Crippen LogP contribution >= 0.6 is 0 Å². The third kappa shape index (κ3) is 4.96. The molecule has 1 atom stereocenters. The molecule has 0 saturated carbocycles. The maximum atomic E-state index is 12.1. The normalized spacial score (nSPS) is 11.6. The summed E-state index contributed by atoms with van der Waals surface area (Å²) in [6, 6.07) is 9.11. The summed E-state index contributed by atoms with van der Waals surface area (Å²) in [7, 11) is 3.41. The fourth-order valence-corrected chi connectivity index (χ4v) is 2.17. The van der Waals surface area contributed by atoms with E-state index in [4.69, 9.17) is 9.47 Å². The summed E-state index contributed by atoms with van der Waals surface area (Å²) in [5, 5.41) is 5.88. The fraction of sp³-hybridized carbons (Fsp3) is 0.333. The SMILES string of the molecule is CNCC(C)C(=O)Nc1ccc(OC)c(OCc2ccncc2)c1. The molecule has 2 aromatic rings. The Morgan fingerprint density at radius 3 is 2.62 bits per heavy atom. The summed E-state index contributed by atoms with van der Waals surface area (Å²) in [6.07, 6.45) is 3.44. The molecular weight excluding hydrogens is 306 g/mol. The van der Waals surface area contributed by atoms with Gasteiger partial charge in [-0.05, 0) is 36.9 Å². The van der Waals surface area contributed by atoms with Crippen molar-refractivity contribution in [3.8, 4) is 11.5 Å². The number of hydrogen-bond donors (Lipinski definition) is 2. The number of benzene rings is 1. The van der Waals surface area contributed by atoms with Crippen LogP contribution in [0, 0.1) is 5.92 Å². The number of nitrogens with one attached hydrogen (secondary N) is 2. The second-order valence-electron chi connectivity index (χ2n) is 5.46. The van der Waals surface area contributed by atoms with Crippen LogP contribution in [0.1, 0.15) is 12.5 Å². The average molecular weight is 329 g/mol. The average Bonchev–Trinajstić information content (AvgIpc) is 2.61. The number of hydrogen-bond acceptors (Lipinski definition) is 5. The van der Waals surface area contributed by atoms with Gasteiger partial charge in [-0.25, -0.2) is 0 Å². The molecule has 1 aromatic heterocycles. The van der Waals surface area contributed by atoms with Gasteiger partial charge in [-0.2, -0.15) is 0 Å². The third-order valence-electron chi connectivity index (χ3n) is 3.53. The summed E-state index contributed by atoms with van der Waals surface area (Å²) in [4.78, 5) is 16.1. The monoisotopic (exact) mass is 329 g/mol. The van der Waals surface area contributed by atoms with Crippen LogP contribution in [-0.2, 0) is 11.4 Å². The largest absolute Gasteiger partial charge is 0.493 e. The topological polar surface area (TPSA) is 72.5 Å². The first-order valence-electron chi connectivity index (χ1n) is 7.79. The van der Waals surface area contributed by atoms with Crippen LogP contribution in [0.25, 0.3) is 0 Å². The first-order chi connectivity index (χ1) is 11.6. The van der Waals surface area contributed by atoms with Crippen molar-refractivity contribution in [3.63, 3.8) is 0 Å². The van der Waals surface area contributed by atoms with Crippen LogP contribution in [0.15, 0.2) is 42.7 Å². The van der Waals surface area contributed by atoms with E-state index in [1.807, 2.05) is 26.1 Å². The number of carbonyl (C=O) groups excluding carboxylic acids is 1. The lowest BCUT2D eigenvalue weighted by Gasteiger charge is -2.15. The zero-order valence-electron chi connectivity index (χ0n) is 14.2. The van der Waals surface area contributed by atoms with Gasteiger partial charge < -0.3 is 20.1 Å². The van der Waals surface area contributed by atoms with E-state index in [2.05, 4.69) is 15.6 Å². The summed E-state index contributed by atoms with van der Waals surface area (Å²) in [5.41, 5.74) is 1.68. The Balaban J connectivity index is 2.08. The maximum absolute atomic E-state index is 12.1. The summed E-state index contributed by atoms with van der Waals surface area (Å²) >= 11 is 0. The van der Waals surface area contributed by atoms with E-state index < -0.39 is 0 Å². The number of carbonyl (C=O) groups is 1. The van der Waals surface area contributed by atoms with Gasteiger partial charge in [0.2, 0.25) is 5.91 Å². The number of nitrogens with zero attached hydrogens (tertiary/aromatic N) is 1. The molecule has 1 heterocycles. The zero-order valence-corrected chi connectivity index (χ0v) is 14.2. The molecule has 6 nitrogen and oxygen atoms in total. The van der Waals surface area contributed by atoms with Gasteiger partial charge in [-0.15, -0.1) is 0 Å². The second-order valence-corrected chi connectivity index (χ2v) is 5.46. The van der Waals surface area contributed by atoms with Crippen molar-refractivity contribution in [1.82, 2.24) is 10.3 Å². The van der Waals surface area contributed by atoms with Crippen molar-refractivity contribution in [2.75, 3.05) is 26.0 Å². The highest BCUT2D eigenvalue weighted by molar-refractivity contribution is 5.92. The number of anilines is 1. The van der Waals surface area contributed by atoms with E-state index in [-0.39, 0.29) is 11.8 Å². The molecule has 0 aliphatic heterocycles. The lowest BCUT2D eigenvalue weighted by molar-refractivity contribution is -0.119. The fourth-order valence-electron chi connectivity index (χ4n) is 2.17. The molecule has 0 aliphatic rings. The highest BCUT2D eigenvalue weighted by atomic mass is 16.5. The summed E-state index contributed by atoms with van der Waals surface area (Å²) < 4.78 is 11.1. The molecule has 0 saturated heterocycles. The Kier molecular flexibility index (Phi) is 6.57. The molecule has 0 fully saturated rings. The van der Waals surface area contributed by atoms with Gasteiger partial charge in [-0.3, -0.25) is 9.78 Å². The highest BCUT2D eigenvalue weighted by Gasteiger charge is 2.13. The molecule has 1 amide bonds. The molecule has 6 heteroatoms. The van der Waals surface area contributed by atoms with Gasteiger partial charge in [0.15, 0.2) is 11.5 Å². The number of amides is 1. The Hall–Kier alpha value is -2.60. The van der Waals surface area contributed by atoms with E-state index in [0.717, 1.165) is 5.56 Å². The van der Waals surface area contributed by atoms with Crippen molar-refractivity contribution in [2.24, 2.45) is 5.92 Å². The summed E-state index contributed by atoms with van der Waals surface area (Å²) in [6.45, 7) is 2.88. The van der Waals surface area contributed by atoms with Crippen molar-refractivity contribution < 1.29 is 14.3 Å². The molecule has 0 aliphatic carbocycles. The first kappa shape index (κ1) is 17.7. The minimum atomic E-state index is -0.127. The predicted molar refractivity (Wildman–Crippen MR) is 93.3 cm³/mol. The third-order valence-corrected chi connectivity index (χ3v) is 3.53. The van der Waals surface area contributed by atoms with E-state index in [1.54, 1.807) is 37.7 Å². The lowest BCUT2D eigenvalue weighted by atomic mass is 10.1. The van der Waals surface area contributed by atoms with Gasteiger partial charge >= 0.3 is 0 Å². The Labute approximate surface area is 142 Å². The number of pyridine rings is 1. The highest BCUT2D eigenvalue weighted by Crippen LogP contribution is 2.31. The van der Waals surface area contributed by atoms with Gasteiger partial charge in [-0.1, -0.05) is 6.92 Å². The number of aromatic nitrogens is 1. The number of methoxy groups -OCH3 is 1. The van der Waals surface area contributed by atoms with Crippen molar-refractivity contribution in [3.05, 3.63) is 48.3 Å². The zero-order chi connectivity index (χ0) is 17.4. The number of rotatable bonds is 8. The molecule has 0 radical (unpaired) electrons. The van der Waals surface area contributed by atoms with Crippen LogP contribution in [0.2, 0.25) is 0 Å². The first-order valence-corrected chi connectivity index (χ1v) is 7.79. The second kappa shape index (κ2) is 8.88.